The van der Waals surface area contributed by atoms with Gasteiger partial charge in [0.1, 0.15) is 21.9 Å². The molecule has 0 radical (unpaired) electrons. The Labute approximate surface area is 119 Å². The summed E-state index contributed by atoms with van der Waals surface area (Å²) < 4.78 is 29.8. The van der Waals surface area contributed by atoms with Gasteiger partial charge >= 0.3 is 0 Å². The van der Waals surface area contributed by atoms with E-state index in [0.717, 1.165) is 0 Å². The van der Waals surface area contributed by atoms with Gasteiger partial charge in [-0.05, 0) is 62.2 Å². The van der Waals surface area contributed by atoms with Gasteiger partial charge in [0.05, 0.1) is 10.2 Å². The van der Waals surface area contributed by atoms with Crippen LogP contribution < -0.4 is 0 Å². The van der Waals surface area contributed by atoms with E-state index in [-0.39, 0.29) is 5.82 Å². The quantitative estimate of drug-likeness (QED) is 0.591. The van der Waals surface area contributed by atoms with E-state index in [1.165, 1.54) is 0 Å². The van der Waals surface area contributed by atoms with Crippen LogP contribution in [0, 0.1) is 12.7 Å². The Kier molecular flexibility index (Phi) is 4.98. The molecular formula is C13H17BrFNOS. The molecule has 18 heavy (non-hydrogen) atoms. The lowest BCUT2D eigenvalue weighted by atomic mass is 10.1. The molecule has 0 fully saturated rings. The van der Waals surface area contributed by atoms with Crippen LogP contribution in [0.3, 0.4) is 0 Å². The van der Waals surface area contributed by atoms with Gasteiger partial charge in [-0.25, -0.2) is 4.39 Å². The molecule has 0 amide bonds. The third kappa shape index (κ3) is 3.56. The van der Waals surface area contributed by atoms with Crippen molar-refractivity contribution in [1.82, 2.24) is 0 Å². The number of benzene rings is 1. The molecule has 0 heterocycles. The Morgan fingerprint density at radius 3 is 2.44 bits per heavy atom. The number of hydrogen-bond acceptors (Lipinski definition) is 2. The van der Waals surface area contributed by atoms with Crippen molar-refractivity contribution in [2.24, 2.45) is 4.40 Å². The molecule has 100 valence electrons. The minimum atomic E-state index is -1.33. The van der Waals surface area contributed by atoms with Crippen LogP contribution in [0.15, 0.2) is 21.0 Å². The molecular weight excluding hydrogens is 317 g/mol. The molecule has 0 aliphatic heterocycles. The number of rotatable bonds is 2. The van der Waals surface area contributed by atoms with Gasteiger partial charge in [-0.2, -0.15) is 0 Å². The lowest BCUT2D eigenvalue weighted by Gasteiger charge is -2.19. The molecule has 0 unspecified atom stereocenters. The number of hydrogen-bond donors (Lipinski definition) is 0. The fourth-order valence-corrected chi connectivity index (χ4v) is 2.40. The monoisotopic (exact) mass is 333 g/mol. The second kappa shape index (κ2) is 5.72. The molecule has 2 nitrogen and oxygen atoms in total. The van der Waals surface area contributed by atoms with Gasteiger partial charge in [0.2, 0.25) is 0 Å². The van der Waals surface area contributed by atoms with Crippen molar-refractivity contribution in [2.75, 3.05) is 0 Å². The van der Waals surface area contributed by atoms with Crippen LogP contribution in [0.25, 0.3) is 0 Å². The van der Waals surface area contributed by atoms with Crippen molar-refractivity contribution < 1.29 is 8.94 Å². The molecule has 1 atom stereocenters. The number of halogens is 2. The zero-order valence-electron chi connectivity index (χ0n) is 11.2. The predicted molar refractivity (Wildman–Crippen MR) is 78.9 cm³/mol. The minimum Gasteiger partial charge on any atom is -0.591 e. The Morgan fingerprint density at radius 1 is 1.39 bits per heavy atom. The van der Waals surface area contributed by atoms with E-state index in [1.54, 1.807) is 26.0 Å². The summed E-state index contributed by atoms with van der Waals surface area (Å²) in [6.07, 6.45) is 0. The average molecular weight is 334 g/mol. The van der Waals surface area contributed by atoms with Gasteiger partial charge in [0.15, 0.2) is 0 Å². The van der Waals surface area contributed by atoms with Crippen LogP contribution >= 0.6 is 15.9 Å². The fourth-order valence-electron chi connectivity index (χ4n) is 1.35. The summed E-state index contributed by atoms with van der Waals surface area (Å²) in [5.74, 6) is -0.302. The van der Waals surface area contributed by atoms with E-state index in [9.17, 15) is 8.94 Å². The molecule has 0 aromatic heterocycles. The molecule has 0 saturated heterocycles. The first-order chi connectivity index (χ1) is 8.14. The first-order valence-electron chi connectivity index (χ1n) is 5.57. The van der Waals surface area contributed by atoms with E-state index in [0.29, 0.717) is 21.3 Å². The van der Waals surface area contributed by atoms with Crippen LogP contribution in [0.1, 0.15) is 38.8 Å². The highest BCUT2D eigenvalue weighted by atomic mass is 79.9. The van der Waals surface area contributed by atoms with Crippen LogP contribution in [0.2, 0.25) is 0 Å². The maximum Gasteiger partial charge on any atom is 0.144 e. The normalized spacial score (nSPS) is 14.8. The largest absolute Gasteiger partial charge is 0.591 e. The highest BCUT2D eigenvalue weighted by molar-refractivity contribution is 9.10. The smallest absolute Gasteiger partial charge is 0.144 e. The molecule has 0 saturated carbocycles. The van der Waals surface area contributed by atoms with E-state index in [1.807, 2.05) is 20.8 Å². The molecule has 5 heteroatoms. The van der Waals surface area contributed by atoms with Gasteiger partial charge in [0.25, 0.3) is 0 Å². The summed E-state index contributed by atoms with van der Waals surface area (Å²) in [7, 11) is 0. The average Bonchev–Trinajstić information content (AvgIpc) is 2.24. The van der Waals surface area contributed by atoms with Crippen molar-refractivity contribution in [3.05, 3.63) is 33.5 Å². The van der Waals surface area contributed by atoms with Crippen LogP contribution in [-0.2, 0) is 11.4 Å². The van der Waals surface area contributed by atoms with E-state index < -0.39 is 16.1 Å². The topological polar surface area (TPSA) is 35.4 Å². The zero-order valence-corrected chi connectivity index (χ0v) is 13.6. The summed E-state index contributed by atoms with van der Waals surface area (Å²) in [5.41, 5.74) is 1.79. The minimum absolute atomic E-state index is 0.302. The molecule has 0 aliphatic rings. The van der Waals surface area contributed by atoms with Gasteiger partial charge in [0, 0.05) is 5.56 Å². The Balaban J connectivity index is 3.16. The molecule has 1 rings (SSSR count). The molecule has 1 aromatic carbocycles. The van der Waals surface area contributed by atoms with Crippen molar-refractivity contribution in [3.63, 3.8) is 0 Å². The second-order valence-corrected chi connectivity index (χ2v) is 7.83. The molecule has 0 bridgehead atoms. The van der Waals surface area contributed by atoms with Gasteiger partial charge in [-0.1, -0.05) is 10.5 Å². The molecule has 1 aromatic rings. The first kappa shape index (κ1) is 15.7. The van der Waals surface area contributed by atoms with Crippen LogP contribution in [-0.4, -0.2) is 15.0 Å². The summed E-state index contributed by atoms with van der Waals surface area (Å²) in [6.45, 7) is 9.01. The number of nitrogens with zero attached hydrogens (tertiary/aromatic N) is 1. The second-order valence-electron chi connectivity index (χ2n) is 5.07. The first-order valence-corrected chi connectivity index (χ1v) is 7.47. The Morgan fingerprint density at radius 2 is 1.94 bits per heavy atom. The van der Waals surface area contributed by atoms with Gasteiger partial charge in [-0.3, -0.25) is 0 Å². The van der Waals surface area contributed by atoms with E-state index >= 15 is 0 Å². The summed E-state index contributed by atoms with van der Waals surface area (Å²) in [6, 6.07) is 3.41. The van der Waals surface area contributed by atoms with Crippen molar-refractivity contribution in [2.45, 2.75) is 39.4 Å². The van der Waals surface area contributed by atoms with E-state index in [2.05, 4.69) is 20.3 Å². The van der Waals surface area contributed by atoms with Gasteiger partial charge in [-0.15, -0.1) is 0 Å². The third-order valence-corrected chi connectivity index (χ3v) is 4.57. The van der Waals surface area contributed by atoms with Crippen LogP contribution in [0.4, 0.5) is 4.39 Å². The van der Waals surface area contributed by atoms with Crippen molar-refractivity contribution in [1.29, 1.82) is 0 Å². The van der Waals surface area contributed by atoms with Crippen molar-refractivity contribution >= 4 is 33.0 Å². The van der Waals surface area contributed by atoms with Gasteiger partial charge < -0.3 is 4.55 Å². The Hall–Kier alpha value is -0.390. The molecule has 0 aliphatic carbocycles. The highest BCUT2D eigenvalue weighted by Crippen LogP contribution is 2.24. The van der Waals surface area contributed by atoms with Crippen molar-refractivity contribution in [3.8, 4) is 0 Å². The SMILES string of the molecule is CC(=N[S@@+]([O-])C(C)(C)C)c1ccc(Br)c(F)c1C. The zero-order chi connectivity index (χ0) is 14.1. The van der Waals surface area contributed by atoms with E-state index in [4.69, 9.17) is 0 Å². The lowest BCUT2D eigenvalue weighted by molar-refractivity contribution is 0.561. The Bertz CT molecular complexity index is 483. The maximum atomic E-state index is 13.7. The summed E-state index contributed by atoms with van der Waals surface area (Å²) in [5, 5.41) is 0. The summed E-state index contributed by atoms with van der Waals surface area (Å²) >= 11 is 1.80. The predicted octanol–water partition coefficient (Wildman–Crippen LogP) is 4.17. The lowest BCUT2D eigenvalue weighted by Crippen LogP contribution is -2.26. The molecule has 0 N–H and O–H groups in total. The third-order valence-electron chi connectivity index (χ3n) is 2.47. The fraction of sp³-hybridized carbons (Fsp3) is 0.462. The molecule has 0 spiro atoms. The summed E-state index contributed by atoms with van der Waals surface area (Å²) in [4.78, 5) is 0. The van der Waals surface area contributed by atoms with Crippen LogP contribution in [0.5, 0.6) is 0 Å². The highest BCUT2D eigenvalue weighted by Gasteiger charge is 2.27. The maximum absolute atomic E-state index is 13.7. The standard InChI is InChI=1S/C13H17BrFNOS/c1-8-10(6-7-11(14)12(8)15)9(2)16-18(17)13(3,4)5/h6-7H,1-5H3/t18-/m0/s1.